The molecule has 2 heterocycles. The smallest absolute Gasteiger partial charge is 0.319 e. The van der Waals surface area contributed by atoms with Crippen molar-refractivity contribution in [2.24, 2.45) is 0 Å². The monoisotopic (exact) mass is 332 g/mol. The molecule has 0 saturated carbocycles. The molecule has 0 spiro atoms. The van der Waals surface area contributed by atoms with Gasteiger partial charge in [0.1, 0.15) is 0 Å². The molecule has 122 valence electrons. The first-order chi connectivity index (χ1) is 11.4. The standard InChI is InChI=1S/C16H11F3N4O/c17-16(18,19)12-6-4-11(5-7-12)15(24)22-13-3-1-8-20-14(13)23-10-2-9-21-23/h1-10H,(H,22,24). The summed E-state index contributed by atoms with van der Waals surface area (Å²) in [6.07, 6.45) is 0.336. The molecule has 0 unspecified atom stereocenters. The average molecular weight is 332 g/mol. The topological polar surface area (TPSA) is 59.8 Å². The minimum atomic E-state index is -4.44. The number of halogens is 3. The minimum absolute atomic E-state index is 0.110. The van der Waals surface area contributed by atoms with Gasteiger partial charge in [-0.25, -0.2) is 9.67 Å². The summed E-state index contributed by atoms with van der Waals surface area (Å²) in [5.74, 6) is -0.132. The summed E-state index contributed by atoms with van der Waals surface area (Å²) < 4.78 is 39.2. The lowest BCUT2D eigenvalue weighted by atomic mass is 10.1. The Morgan fingerprint density at radius 1 is 1.04 bits per heavy atom. The maximum atomic E-state index is 12.6. The Hall–Kier alpha value is -3.16. The maximum absolute atomic E-state index is 12.6. The van der Waals surface area contributed by atoms with Crippen LogP contribution in [0, 0.1) is 0 Å². The quantitative estimate of drug-likeness (QED) is 0.798. The molecule has 24 heavy (non-hydrogen) atoms. The molecule has 0 aliphatic heterocycles. The van der Waals surface area contributed by atoms with Crippen LogP contribution in [0.1, 0.15) is 15.9 Å². The first kappa shape index (κ1) is 15.7. The molecule has 5 nitrogen and oxygen atoms in total. The summed E-state index contributed by atoms with van der Waals surface area (Å²) in [6.45, 7) is 0. The van der Waals surface area contributed by atoms with Crippen molar-refractivity contribution in [3.63, 3.8) is 0 Å². The highest BCUT2D eigenvalue weighted by Gasteiger charge is 2.30. The zero-order valence-corrected chi connectivity index (χ0v) is 12.2. The first-order valence-electron chi connectivity index (χ1n) is 6.89. The number of benzene rings is 1. The van der Waals surface area contributed by atoms with Crippen LogP contribution >= 0.6 is 0 Å². The van der Waals surface area contributed by atoms with Gasteiger partial charge < -0.3 is 5.32 Å². The van der Waals surface area contributed by atoms with Crippen molar-refractivity contribution < 1.29 is 18.0 Å². The summed E-state index contributed by atoms with van der Waals surface area (Å²) in [4.78, 5) is 16.4. The van der Waals surface area contributed by atoms with Crippen molar-refractivity contribution in [1.29, 1.82) is 0 Å². The molecule has 1 N–H and O–H groups in total. The van der Waals surface area contributed by atoms with Crippen molar-refractivity contribution in [2.45, 2.75) is 6.18 Å². The Balaban J connectivity index is 1.83. The Kier molecular flexibility index (Phi) is 4.03. The fraction of sp³-hybridized carbons (Fsp3) is 0.0625. The number of nitrogens with one attached hydrogen (secondary N) is 1. The van der Waals surface area contributed by atoms with Crippen molar-refractivity contribution in [3.05, 3.63) is 72.2 Å². The molecule has 3 rings (SSSR count). The summed E-state index contributed by atoms with van der Waals surface area (Å²) in [5.41, 5.74) is -0.304. The molecule has 0 bridgehead atoms. The zero-order chi connectivity index (χ0) is 17.2. The van der Waals surface area contributed by atoms with Crippen molar-refractivity contribution in [1.82, 2.24) is 14.8 Å². The van der Waals surface area contributed by atoms with Crippen LogP contribution in [-0.4, -0.2) is 20.7 Å². The van der Waals surface area contributed by atoms with Crippen LogP contribution in [-0.2, 0) is 6.18 Å². The number of anilines is 1. The van der Waals surface area contributed by atoms with Gasteiger partial charge in [0.25, 0.3) is 5.91 Å². The largest absolute Gasteiger partial charge is 0.416 e. The van der Waals surface area contributed by atoms with Gasteiger partial charge in [0.2, 0.25) is 0 Å². The van der Waals surface area contributed by atoms with E-state index in [1.807, 2.05) is 0 Å². The van der Waals surface area contributed by atoms with Crippen LogP contribution in [0.2, 0.25) is 0 Å². The molecule has 2 aromatic heterocycles. The second-order valence-electron chi connectivity index (χ2n) is 4.85. The zero-order valence-electron chi connectivity index (χ0n) is 12.2. The predicted octanol–water partition coefficient (Wildman–Crippen LogP) is 3.54. The maximum Gasteiger partial charge on any atom is 0.416 e. The number of hydrogen-bond acceptors (Lipinski definition) is 3. The van der Waals surface area contributed by atoms with E-state index in [0.29, 0.717) is 11.5 Å². The van der Waals surface area contributed by atoms with Crippen molar-refractivity contribution in [3.8, 4) is 5.82 Å². The molecule has 0 saturated heterocycles. The van der Waals surface area contributed by atoms with Gasteiger partial charge >= 0.3 is 6.18 Å². The number of rotatable bonds is 3. The summed E-state index contributed by atoms with van der Waals surface area (Å²) >= 11 is 0. The van der Waals surface area contributed by atoms with Crippen LogP contribution < -0.4 is 5.32 Å². The van der Waals surface area contributed by atoms with Gasteiger partial charge in [-0.2, -0.15) is 18.3 Å². The van der Waals surface area contributed by atoms with E-state index < -0.39 is 17.6 Å². The van der Waals surface area contributed by atoms with Crippen molar-refractivity contribution >= 4 is 11.6 Å². The minimum Gasteiger partial charge on any atom is -0.319 e. The molecule has 1 aromatic carbocycles. The molecule has 8 heteroatoms. The van der Waals surface area contributed by atoms with Gasteiger partial charge in [0.15, 0.2) is 5.82 Å². The molecule has 1 amide bonds. The Labute approximate surface area is 134 Å². The first-order valence-corrected chi connectivity index (χ1v) is 6.89. The van der Waals surface area contributed by atoms with E-state index in [1.165, 1.54) is 4.68 Å². The molecule has 0 radical (unpaired) electrons. The predicted molar refractivity (Wildman–Crippen MR) is 80.8 cm³/mol. The van der Waals surface area contributed by atoms with Gasteiger partial charge in [-0.15, -0.1) is 0 Å². The van der Waals surface area contributed by atoms with Crippen LogP contribution in [0.15, 0.2) is 61.1 Å². The van der Waals surface area contributed by atoms with Gasteiger partial charge in [-0.3, -0.25) is 4.79 Å². The third kappa shape index (κ3) is 3.27. The van der Waals surface area contributed by atoms with E-state index in [4.69, 9.17) is 0 Å². The lowest BCUT2D eigenvalue weighted by molar-refractivity contribution is -0.137. The lowest BCUT2D eigenvalue weighted by Gasteiger charge is -2.11. The molecule has 0 atom stereocenters. The molecular formula is C16H11F3N4O. The van der Waals surface area contributed by atoms with Gasteiger partial charge in [0.05, 0.1) is 11.3 Å². The van der Waals surface area contributed by atoms with Crippen LogP contribution in [0.3, 0.4) is 0 Å². The summed E-state index contributed by atoms with van der Waals surface area (Å²) in [6, 6.07) is 8.96. The van der Waals surface area contributed by atoms with Gasteiger partial charge in [-0.1, -0.05) is 0 Å². The highest BCUT2D eigenvalue weighted by atomic mass is 19.4. The van der Waals surface area contributed by atoms with Crippen LogP contribution in [0.5, 0.6) is 0 Å². The number of amides is 1. The second kappa shape index (κ2) is 6.15. The second-order valence-corrected chi connectivity index (χ2v) is 4.85. The van der Waals surface area contributed by atoms with Crippen LogP contribution in [0.4, 0.5) is 18.9 Å². The van der Waals surface area contributed by atoms with E-state index in [9.17, 15) is 18.0 Å². The van der Waals surface area contributed by atoms with E-state index in [2.05, 4.69) is 15.4 Å². The number of pyridine rings is 1. The van der Waals surface area contributed by atoms with E-state index in [0.717, 1.165) is 24.3 Å². The molecule has 3 aromatic rings. The van der Waals surface area contributed by atoms with Gasteiger partial charge in [-0.05, 0) is 42.5 Å². The average Bonchev–Trinajstić information content (AvgIpc) is 3.09. The van der Waals surface area contributed by atoms with Gasteiger partial charge in [0, 0.05) is 24.2 Å². The fourth-order valence-corrected chi connectivity index (χ4v) is 2.08. The van der Waals surface area contributed by atoms with Crippen LogP contribution in [0.25, 0.3) is 5.82 Å². The fourth-order valence-electron chi connectivity index (χ4n) is 2.08. The number of hydrogen-bond donors (Lipinski definition) is 1. The highest BCUT2D eigenvalue weighted by Crippen LogP contribution is 2.29. The normalized spacial score (nSPS) is 11.3. The third-order valence-electron chi connectivity index (χ3n) is 3.23. The summed E-state index contributed by atoms with van der Waals surface area (Å²) in [5, 5.41) is 6.67. The van der Waals surface area contributed by atoms with E-state index >= 15 is 0 Å². The Morgan fingerprint density at radius 3 is 2.42 bits per heavy atom. The number of aromatic nitrogens is 3. The Bertz CT molecular complexity index is 843. The SMILES string of the molecule is O=C(Nc1cccnc1-n1cccn1)c1ccc(C(F)(F)F)cc1. The van der Waals surface area contributed by atoms with Crippen molar-refractivity contribution in [2.75, 3.05) is 5.32 Å². The molecule has 0 aliphatic rings. The molecule has 0 aliphatic carbocycles. The summed E-state index contributed by atoms with van der Waals surface area (Å²) in [7, 11) is 0. The number of carbonyl (C=O) groups is 1. The number of carbonyl (C=O) groups excluding carboxylic acids is 1. The molecule has 0 fully saturated rings. The Morgan fingerprint density at radius 2 is 1.79 bits per heavy atom. The highest BCUT2D eigenvalue weighted by molar-refractivity contribution is 6.05. The van der Waals surface area contributed by atoms with E-state index in [-0.39, 0.29) is 5.56 Å². The third-order valence-corrected chi connectivity index (χ3v) is 3.23. The lowest BCUT2D eigenvalue weighted by Crippen LogP contribution is -2.15. The van der Waals surface area contributed by atoms with E-state index in [1.54, 1.807) is 36.8 Å². The number of nitrogens with zero attached hydrogens (tertiary/aromatic N) is 3. The number of alkyl halides is 3. The molecular weight excluding hydrogens is 321 g/mol.